The first-order valence-electron chi connectivity index (χ1n) is 5.88. The van der Waals surface area contributed by atoms with Crippen molar-refractivity contribution in [2.75, 3.05) is 18.0 Å². The van der Waals surface area contributed by atoms with Crippen LogP contribution in [-0.4, -0.2) is 19.5 Å². The van der Waals surface area contributed by atoms with E-state index >= 15 is 0 Å². The zero-order chi connectivity index (χ0) is 13.2. The Hall–Kier alpha value is -1.39. The summed E-state index contributed by atoms with van der Waals surface area (Å²) < 4.78 is 39.8. The lowest BCUT2D eigenvalue weighted by atomic mass is 9.99. The van der Waals surface area contributed by atoms with Gasteiger partial charge < -0.3 is 9.64 Å². The highest BCUT2D eigenvalue weighted by molar-refractivity contribution is 5.49. The zero-order valence-corrected chi connectivity index (χ0v) is 9.91. The fourth-order valence-corrected chi connectivity index (χ4v) is 2.05. The van der Waals surface area contributed by atoms with Gasteiger partial charge in [-0.25, -0.2) is 0 Å². The van der Waals surface area contributed by atoms with Gasteiger partial charge in [0.2, 0.25) is 0 Å². The number of rotatable bonds is 2. The van der Waals surface area contributed by atoms with Crippen molar-refractivity contribution in [3.8, 4) is 5.75 Å². The van der Waals surface area contributed by atoms with Gasteiger partial charge in [-0.05, 0) is 43.0 Å². The third-order valence-corrected chi connectivity index (χ3v) is 3.05. The summed E-state index contributed by atoms with van der Waals surface area (Å²) in [5.74, 6) is 0.299. The lowest BCUT2D eigenvalue weighted by Crippen LogP contribution is -2.32. The molecule has 0 N–H and O–H groups in total. The van der Waals surface area contributed by atoms with E-state index in [-0.39, 0.29) is 5.75 Å². The van der Waals surface area contributed by atoms with Crippen molar-refractivity contribution in [3.63, 3.8) is 0 Å². The molecule has 0 spiro atoms. The highest BCUT2D eigenvalue weighted by atomic mass is 19.4. The first-order valence-corrected chi connectivity index (χ1v) is 5.88. The van der Waals surface area contributed by atoms with E-state index in [0.29, 0.717) is 5.92 Å². The number of benzene rings is 1. The van der Waals surface area contributed by atoms with Crippen LogP contribution in [0.25, 0.3) is 0 Å². The van der Waals surface area contributed by atoms with E-state index in [4.69, 9.17) is 0 Å². The average molecular weight is 258 g/mol. The minimum Gasteiger partial charge on any atom is -0.406 e. The molecule has 0 aliphatic carbocycles. The second-order valence-corrected chi connectivity index (χ2v) is 4.47. The number of hydrogen-bond acceptors (Lipinski definition) is 2. The molecular weight excluding hydrogens is 243 g/mol. The van der Waals surface area contributed by atoms with Crippen LogP contribution in [0.15, 0.2) is 24.3 Å². The number of piperidine rings is 1. The molecule has 0 atom stereocenters. The number of halogens is 3. The predicted octanol–water partition coefficient (Wildman–Crippen LogP) is 3.64. The van der Waals surface area contributed by atoms with E-state index in [9.17, 15) is 13.2 Å². The van der Waals surface area contributed by atoms with Gasteiger partial charge in [-0.1, -0.05) is 6.92 Å². The van der Waals surface area contributed by atoms with Crippen molar-refractivity contribution < 1.29 is 17.9 Å². The Morgan fingerprint density at radius 1 is 1.11 bits per heavy atom. The summed E-state index contributed by atoms with van der Waals surface area (Å²) in [4.78, 5) is 2.15. The summed E-state index contributed by atoms with van der Waals surface area (Å²) in [6.07, 6.45) is -2.60. The fourth-order valence-electron chi connectivity index (χ4n) is 2.05. The highest BCUT2D eigenvalue weighted by Crippen LogP contribution is 2.27. The van der Waals surface area contributed by atoms with Crippen LogP contribution in [-0.2, 0) is 0 Å². The van der Waals surface area contributed by atoms with Crippen molar-refractivity contribution in [1.29, 1.82) is 0 Å². The molecule has 2 rings (SSSR count). The lowest BCUT2D eigenvalue weighted by Gasteiger charge is -2.32. The summed E-state index contributed by atoms with van der Waals surface area (Å²) in [5, 5.41) is 0. The van der Waals surface area contributed by atoms with Gasteiger partial charge in [0.25, 0.3) is 0 Å². The SMILES string of the molecule is [CH2]C1CCN(c2ccc(OC(F)(F)F)cc2)CC1. The van der Waals surface area contributed by atoms with Crippen LogP contribution in [0.5, 0.6) is 5.75 Å². The zero-order valence-electron chi connectivity index (χ0n) is 9.91. The van der Waals surface area contributed by atoms with E-state index in [2.05, 4.69) is 16.6 Å². The Balaban J connectivity index is 1.99. The van der Waals surface area contributed by atoms with Gasteiger partial charge in [-0.3, -0.25) is 0 Å². The number of nitrogens with zero attached hydrogens (tertiary/aromatic N) is 1. The summed E-state index contributed by atoms with van der Waals surface area (Å²) in [5.41, 5.74) is 0.927. The Morgan fingerprint density at radius 2 is 1.67 bits per heavy atom. The normalized spacial score (nSPS) is 17.9. The number of anilines is 1. The van der Waals surface area contributed by atoms with Crippen LogP contribution < -0.4 is 9.64 Å². The van der Waals surface area contributed by atoms with Crippen molar-refractivity contribution in [3.05, 3.63) is 31.2 Å². The smallest absolute Gasteiger partial charge is 0.406 e. The van der Waals surface area contributed by atoms with Gasteiger partial charge in [-0.15, -0.1) is 13.2 Å². The van der Waals surface area contributed by atoms with E-state index in [1.807, 2.05) is 0 Å². The van der Waals surface area contributed by atoms with Crippen molar-refractivity contribution in [1.82, 2.24) is 0 Å². The van der Waals surface area contributed by atoms with Crippen LogP contribution in [0.1, 0.15) is 12.8 Å². The van der Waals surface area contributed by atoms with Gasteiger partial charge in [0, 0.05) is 18.8 Å². The van der Waals surface area contributed by atoms with Crippen LogP contribution in [0.4, 0.5) is 18.9 Å². The molecule has 1 aliphatic heterocycles. The molecule has 1 aromatic rings. The molecule has 1 fully saturated rings. The summed E-state index contributed by atoms with van der Waals surface area (Å²) in [6.45, 7) is 5.80. The Labute approximate surface area is 104 Å². The van der Waals surface area contributed by atoms with Gasteiger partial charge in [0.05, 0.1) is 0 Å². The molecule has 1 radical (unpaired) electrons. The number of hydrogen-bond donors (Lipinski definition) is 0. The maximum atomic E-state index is 12.0. The summed E-state index contributed by atoms with van der Waals surface area (Å²) in [7, 11) is 0. The second-order valence-electron chi connectivity index (χ2n) is 4.47. The first kappa shape index (κ1) is 13.1. The van der Waals surface area contributed by atoms with E-state index in [1.54, 1.807) is 12.1 Å². The van der Waals surface area contributed by atoms with Gasteiger partial charge in [0.1, 0.15) is 5.75 Å². The molecule has 18 heavy (non-hydrogen) atoms. The quantitative estimate of drug-likeness (QED) is 0.803. The van der Waals surface area contributed by atoms with E-state index in [0.717, 1.165) is 31.6 Å². The van der Waals surface area contributed by atoms with E-state index < -0.39 is 6.36 Å². The predicted molar refractivity (Wildman–Crippen MR) is 63.4 cm³/mol. The average Bonchev–Trinajstić information content (AvgIpc) is 2.29. The molecule has 0 bridgehead atoms. The molecular formula is C13H15F3NO. The monoisotopic (exact) mass is 258 g/mol. The minimum absolute atomic E-state index is 0.182. The van der Waals surface area contributed by atoms with Crippen molar-refractivity contribution >= 4 is 5.69 Å². The van der Waals surface area contributed by atoms with Crippen molar-refractivity contribution in [2.24, 2.45) is 5.92 Å². The molecule has 0 aromatic heterocycles. The molecule has 99 valence electrons. The third-order valence-electron chi connectivity index (χ3n) is 3.05. The van der Waals surface area contributed by atoms with Gasteiger partial charge in [-0.2, -0.15) is 0 Å². The largest absolute Gasteiger partial charge is 0.573 e. The maximum absolute atomic E-state index is 12.0. The molecule has 1 aliphatic rings. The lowest BCUT2D eigenvalue weighted by molar-refractivity contribution is -0.274. The van der Waals surface area contributed by atoms with Crippen LogP contribution in [0.3, 0.4) is 0 Å². The Bertz CT molecular complexity index is 380. The number of alkyl halides is 3. The highest BCUT2D eigenvalue weighted by Gasteiger charge is 2.31. The van der Waals surface area contributed by atoms with Crippen LogP contribution in [0, 0.1) is 12.8 Å². The topological polar surface area (TPSA) is 12.5 Å². The van der Waals surface area contributed by atoms with Gasteiger partial charge >= 0.3 is 6.36 Å². The molecule has 2 nitrogen and oxygen atoms in total. The molecule has 0 saturated carbocycles. The first-order chi connectivity index (χ1) is 8.44. The summed E-state index contributed by atoms with van der Waals surface area (Å²) >= 11 is 0. The van der Waals surface area contributed by atoms with E-state index in [1.165, 1.54) is 12.1 Å². The standard InChI is InChI=1S/C13H15F3NO/c1-10-6-8-17(9-7-10)11-2-4-12(5-3-11)18-13(14,15)16/h2-5,10H,1,6-9H2. The third kappa shape index (κ3) is 3.55. The summed E-state index contributed by atoms with van der Waals surface area (Å²) in [6, 6.07) is 6.01. The molecule has 1 heterocycles. The molecule has 1 saturated heterocycles. The number of ether oxygens (including phenoxy) is 1. The fraction of sp³-hybridized carbons (Fsp3) is 0.462. The minimum atomic E-state index is -4.63. The van der Waals surface area contributed by atoms with Crippen LogP contribution in [0.2, 0.25) is 0 Å². The molecule has 1 aromatic carbocycles. The Morgan fingerprint density at radius 3 is 2.17 bits per heavy atom. The second kappa shape index (κ2) is 5.08. The molecule has 0 unspecified atom stereocenters. The molecule has 5 heteroatoms. The Kier molecular flexibility index (Phi) is 3.68. The molecule has 0 amide bonds. The van der Waals surface area contributed by atoms with Gasteiger partial charge in [0.15, 0.2) is 0 Å². The maximum Gasteiger partial charge on any atom is 0.573 e. The van der Waals surface area contributed by atoms with Crippen molar-refractivity contribution in [2.45, 2.75) is 19.2 Å². The van der Waals surface area contributed by atoms with Crippen LogP contribution >= 0.6 is 0 Å².